The predicted molar refractivity (Wildman–Crippen MR) is 121 cm³/mol. The second-order valence-corrected chi connectivity index (χ2v) is 8.53. The molecular weight excluding hydrogens is 426 g/mol. The van der Waals surface area contributed by atoms with Gasteiger partial charge in [-0.3, -0.25) is 4.79 Å². The summed E-state index contributed by atoms with van der Waals surface area (Å²) in [6.45, 7) is 4.81. The number of carbonyl (C=O) groups is 1. The third-order valence-corrected chi connectivity index (χ3v) is 5.94. The Bertz CT molecular complexity index is 1310. The second kappa shape index (κ2) is 8.51. The second-order valence-electron chi connectivity index (χ2n) is 7.41. The van der Waals surface area contributed by atoms with Crippen LogP contribution in [0.5, 0.6) is 11.5 Å². The maximum atomic E-state index is 12.9. The predicted octanol–water partition coefficient (Wildman–Crippen LogP) is 3.84. The molecule has 0 unspecified atom stereocenters. The molecule has 1 amide bonds. The van der Waals surface area contributed by atoms with Gasteiger partial charge in [-0.2, -0.15) is 4.98 Å². The highest BCUT2D eigenvalue weighted by molar-refractivity contribution is 7.99. The summed E-state index contributed by atoms with van der Waals surface area (Å²) in [4.78, 5) is 23.6. The third-order valence-electron chi connectivity index (χ3n) is 4.87. The lowest BCUT2D eigenvalue weighted by molar-refractivity contribution is -0.115. The van der Waals surface area contributed by atoms with Crippen LogP contribution in [0, 0.1) is 13.8 Å². The summed E-state index contributed by atoms with van der Waals surface area (Å²) < 4.78 is 13.1. The number of carbonyl (C=O) groups excluding carboxylic acids is 1. The first-order valence-corrected chi connectivity index (χ1v) is 11.0. The van der Waals surface area contributed by atoms with Crippen LogP contribution >= 0.6 is 11.8 Å². The average Bonchev–Trinajstić information content (AvgIpc) is 3.17. The Morgan fingerprint density at radius 3 is 2.59 bits per heavy atom. The summed E-state index contributed by atoms with van der Waals surface area (Å²) in [5, 5.41) is 7.42. The number of amides is 1. The smallest absolute Gasteiger partial charge is 0.252 e. The number of hydrogen-bond acceptors (Lipinski definition) is 7. The molecule has 0 aliphatic carbocycles. The third kappa shape index (κ3) is 4.24. The Balaban J connectivity index is 1.41. The minimum atomic E-state index is -0.220. The van der Waals surface area contributed by atoms with Crippen LogP contribution in [-0.4, -0.2) is 38.7 Å². The monoisotopic (exact) mass is 447 g/mol. The highest BCUT2D eigenvalue weighted by atomic mass is 32.2. The molecule has 0 spiro atoms. The molecule has 9 heteroatoms. The number of aromatic nitrogens is 4. The molecule has 1 aliphatic heterocycles. The number of fused-ring (bicyclic) bond motifs is 2. The zero-order valence-corrected chi connectivity index (χ0v) is 18.5. The molecule has 0 saturated carbocycles. The van der Waals surface area contributed by atoms with Gasteiger partial charge in [-0.25, -0.2) is 9.50 Å². The van der Waals surface area contributed by atoms with Crippen molar-refractivity contribution in [3.8, 4) is 11.5 Å². The van der Waals surface area contributed by atoms with Gasteiger partial charge in [0.05, 0.1) is 12.1 Å². The maximum Gasteiger partial charge on any atom is 0.252 e. The lowest BCUT2D eigenvalue weighted by Crippen LogP contribution is -2.18. The van der Waals surface area contributed by atoms with Crippen LogP contribution in [0.2, 0.25) is 0 Å². The molecule has 2 aromatic carbocycles. The highest BCUT2D eigenvalue weighted by Crippen LogP contribution is 2.42. The molecule has 5 rings (SSSR count). The van der Waals surface area contributed by atoms with Gasteiger partial charge >= 0.3 is 0 Å². The fourth-order valence-electron chi connectivity index (χ4n) is 3.49. The van der Waals surface area contributed by atoms with Crippen molar-refractivity contribution in [1.29, 1.82) is 0 Å². The van der Waals surface area contributed by atoms with Gasteiger partial charge in [-0.1, -0.05) is 30.0 Å². The van der Waals surface area contributed by atoms with E-state index < -0.39 is 0 Å². The Morgan fingerprint density at radius 1 is 1.06 bits per heavy atom. The quantitative estimate of drug-likeness (QED) is 0.497. The van der Waals surface area contributed by atoms with Crippen molar-refractivity contribution in [2.75, 3.05) is 18.5 Å². The van der Waals surface area contributed by atoms with Gasteiger partial charge in [-0.15, -0.1) is 5.10 Å². The maximum absolute atomic E-state index is 12.9. The first-order valence-electron chi connectivity index (χ1n) is 10.2. The van der Waals surface area contributed by atoms with E-state index in [4.69, 9.17) is 9.47 Å². The molecule has 0 atom stereocenters. The Labute approximate surface area is 189 Å². The van der Waals surface area contributed by atoms with Crippen LogP contribution < -0.4 is 14.8 Å². The summed E-state index contributed by atoms with van der Waals surface area (Å²) in [7, 11) is 0. The molecular formula is C23H21N5O3S. The van der Waals surface area contributed by atoms with Gasteiger partial charge in [0.25, 0.3) is 5.78 Å². The van der Waals surface area contributed by atoms with Gasteiger partial charge in [0, 0.05) is 33.3 Å². The van der Waals surface area contributed by atoms with E-state index in [9.17, 15) is 4.79 Å². The van der Waals surface area contributed by atoms with Crippen molar-refractivity contribution in [2.24, 2.45) is 0 Å². The van der Waals surface area contributed by atoms with E-state index in [1.165, 1.54) is 0 Å². The molecule has 1 N–H and O–H groups in total. The van der Waals surface area contributed by atoms with Crippen LogP contribution in [0.1, 0.15) is 17.2 Å². The topological polar surface area (TPSA) is 90.6 Å². The van der Waals surface area contributed by atoms with Crippen molar-refractivity contribution in [3.05, 3.63) is 65.7 Å². The van der Waals surface area contributed by atoms with E-state index in [0.717, 1.165) is 21.2 Å². The molecule has 0 saturated heterocycles. The number of hydrogen-bond donors (Lipinski definition) is 1. The number of nitrogens with zero attached hydrogens (tertiary/aromatic N) is 4. The number of anilines is 1. The number of rotatable bonds is 5. The van der Waals surface area contributed by atoms with Gasteiger partial charge in [0.15, 0.2) is 17.3 Å². The van der Waals surface area contributed by atoms with E-state index in [0.29, 0.717) is 42.0 Å². The van der Waals surface area contributed by atoms with Crippen LogP contribution in [0.15, 0.2) is 58.3 Å². The van der Waals surface area contributed by atoms with Crippen molar-refractivity contribution in [1.82, 2.24) is 19.6 Å². The Morgan fingerprint density at radius 2 is 1.81 bits per heavy atom. The summed E-state index contributed by atoms with van der Waals surface area (Å²) in [5.74, 6) is 1.97. The largest absolute Gasteiger partial charge is 0.486 e. The van der Waals surface area contributed by atoms with Gasteiger partial charge in [-0.05, 0) is 32.0 Å². The van der Waals surface area contributed by atoms with E-state index in [2.05, 4.69) is 20.4 Å². The minimum Gasteiger partial charge on any atom is -0.486 e. The molecule has 4 aromatic rings. The first kappa shape index (κ1) is 20.3. The van der Waals surface area contributed by atoms with Crippen molar-refractivity contribution >= 4 is 29.1 Å². The fourth-order valence-corrected chi connectivity index (χ4v) is 4.42. The zero-order valence-electron chi connectivity index (χ0n) is 17.7. The lowest BCUT2D eigenvalue weighted by Gasteiger charge is -2.21. The van der Waals surface area contributed by atoms with Crippen LogP contribution in [0.4, 0.5) is 5.69 Å². The minimum absolute atomic E-state index is 0.0335. The molecule has 1 aliphatic rings. The van der Waals surface area contributed by atoms with E-state index in [-0.39, 0.29) is 12.3 Å². The van der Waals surface area contributed by atoms with Gasteiger partial charge in [0.1, 0.15) is 13.2 Å². The van der Waals surface area contributed by atoms with Gasteiger partial charge < -0.3 is 14.8 Å². The number of benzene rings is 2. The highest BCUT2D eigenvalue weighted by Gasteiger charge is 2.19. The van der Waals surface area contributed by atoms with Crippen molar-refractivity contribution in [3.63, 3.8) is 0 Å². The van der Waals surface area contributed by atoms with Crippen molar-refractivity contribution in [2.45, 2.75) is 30.1 Å². The average molecular weight is 448 g/mol. The Hall–Kier alpha value is -3.59. The standard InChI is InChI=1S/C23H21N5O3S/c1-14-10-15(2)28-23(24-14)26-21(27-28)13-22(29)25-17-11-18-19(31-9-8-30-18)12-20(17)32-16-6-4-3-5-7-16/h3-7,10-12H,8-9,13H2,1-2H3,(H,25,29). The van der Waals surface area contributed by atoms with E-state index in [1.54, 1.807) is 16.3 Å². The summed E-state index contributed by atoms with van der Waals surface area (Å²) in [5.41, 5.74) is 2.43. The lowest BCUT2D eigenvalue weighted by atomic mass is 10.2. The molecule has 162 valence electrons. The molecule has 2 aromatic heterocycles. The van der Waals surface area contributed by atoms with E-state index >= 15 is 0 Å². The van der Waals surface area contributed by atoms with Crippen LogP contribution in [0.25, 0.3) is 5.78 Å². The zero-order chi connectivity index (χ0) is 22.1. The molecule has 32 heavy (non-hydrogen) atoms. The number of nitrogens with one attached hydrogen (secondary N) is 1. The number of ether oxygens (including phenoxy) is 2. The summed E-state index contributed by atoms with van der Waals surface area (Å²) in [6, 6.07) is 15.6. The molecule has 0 bridgehead atoms. The summed E-state index contributed by atoms with van der Waals surface area (Å²) >= 11 is 1.55. The van der Waals surface area contributed by atoms with Crippen LogP contribution in [0.3, 0.4) is 0 Å². The summed E-state index contributed by atoms with van der Waals surface area (Å²) in [6.07, 6.45) is 0.0335. The molecule has 8 nitrogen and oxygen atoms in total. The van der Waals surface area contributed by atoms with Crippen LogP contribution in [-0.2, 0) is 11.2 Å². The first-order chi connectivity index (χ1) is 15.5. The number of aryl methyl sites for hydroxylation is 2. The van der Waals surface area contributed by atoms with E-state index in [1.807, 2.05) is 62.4 Å². The fraction of sp³-hybridized carbons (Fsp3) is 0.217. The Kier molecular flexibility index (Phi) is 5.40. The molecule has 3 heterocycles. The SMILES string of the molecule is Cc1cc(C)n2nc(CC(=O)Nc3cc4c(cc3Sc3ccccc3)OCCO4)nc2n1. The van der Waals surface area contributed by atoms with Crippen molar-refractivity contribution < 1.29 is 14.3 Å². The normalized spacial score (nSPS) is 12.7. The van der Waals surface area contributed by atoms with Gasteiger partial charge in [0.2, 0.25) is 5.91 Å². The molecule has 0 fully saturated rings. The molecule has 0 radical (unpaired) electrons.